The van der Waals surface area contributed by atoms with E-state index in [9.17, 15) is 9.59 Å². The molecule has 6 atom stereocenters. The summed E-state index contributed by atoms with van der Waals surface area (Å²) in [7, 11) is 5.68. The molecule has 1 aliphatic carbocycles. The topological polar surface area (TPSA) is 402 Å². The van der Waals surface area contributed by atoms with E-state index in [0.717, 1.165) is 77.4 Å². The van der Waals surface area contributed by atoms with Crippen LogP contribution in [0.1, 0.15) is 234 Å². The van der Waals surface area contributed by atoms with E-state index in [4.69, 9.17) is 86.1 Å². The zero-order chi connectivity index (χ0) is 72.9. The first-order valence-corrected chi connectivity index (χ1v) is 32.4. The maximum absolute atomic E-state index is 10.4. The second-order valence-electron chi connectivity index (χ2n) is 19.7. The van der Waals surface area contributed by atoms with Gasteiger partial charge in [-0.25, -0.2) is 9.59 Å². The molecule has 1 aliphatic rings. The fraction of sp³-hybridized carbons (Fsp3) is 0.969. The number of rotatable bonds is 29. The molecule has 1 fully saturated rings. The molecule has 24 nitrogen and oxygen atoms in total. The summed E-state index contributed by atoms with van der Waals surface area (Å²) < 4.78 is 32.7. The Morgan fingerprint density at radius 3 is 1.01 bits per heavy atom. The summed E-state index contributed by atoms with van der Waals surface area (Å²) in [5.74, 6) is -0.314. The smallest absolute Gasteiger partial charge is 0.334 e. The van der Waals surface area contributed by atoms with Crippen LogP contribution in [0.3, 0.4) is 0 Å². The van der Waals surface area contributed by atoms with E-state index in [0.29, 0.717) is 59.5 Å². The first-order valence-electron chi connectivity index (χ1n) is 32.4. The van der Waals surface area contributed by atoms with E-state index in [1.807, 2.05) is 41.5 Å². The lowest BCUT2D eigenvalue weighted by atomic mass is 9.98. The van der Waals surface area contributed by atoms with Crippen molar-refractivity contribution in [2.24, 2.45) is 5.92 Å². The molecule has 0 amide bonds. The Balaban J connectivity index is -0.0000000570. The van der Waals surface area contributed by atoms with Crippen LogP contribution in [0.4, 0.5) is 0 Å². The van der Waals surface area contributed by atoms with Crippen LogP contribution in [0, 0.1) is 5.92 Å². The number of carbonyl (C=O) groups is 2. The number of aliphatic hydroxyl groups excluding tert-OH is 15. The fourth-order valence-corrected chi connectivity index (χ4v) is 4.14. The van der Waals surface area contributed by atoms with Crippen molar-refractivity contribution in [3.63, 3.8) is 0 Å². The van der Waals surface area contributed by atoms with Crippen molar-refractivity contribution in [1.29, 1.82) is 0 Å². The van der Waals surface area contributed by atoms with E-state index >= 15 is 0 Å². The number of unbranched alkanes of at least 4 members (excludes halogenated alkanes) is 5. The second kappa shape index (κ2) is 127. The zero-order valence-corrected chi connectivity index (χ0v) is 61.2. The highest BCUT2D eigenvalue weighted by molar-refractivity contribution is 5.74. The molecule has 558 valence electrons. The predicted molar refractivity (Wildman–Crippen MR) is 362 cm³/mol. The number of hydrogen-bond donors (Lipinski definition) is 15. The molecule has 1 rings (SSSR count). The first kappa shape index (κ1) is 121. The molecular formula is C65H154O24. The molecule has 0 spiro atoms. The van der Waals surface area contributed by atoms with Gasteiger partial charge in [0, 0.05) is 80.8 Å². The van der Waals surface area contributed by atoms with Crippen molar-refractivity contribution in [1.82, 2.24) is 0 Å². The summed E-state index contributed by atoms with van der Waals surface area (Å²) >= 11 is 0. The van der Waals surface area contributed by atoms with E-state index < -0.39 is 24.1 Å². The summed E-state index contributed by atoms with van der Waals surface area (Å²) in [4.78, 5) is 20.7. The lowest BCUT2D eigenvalue weighted by Crippen LogP contribution is -2.19. The molecule has 0 saturated heterocycles. The molecule has 24 heteroatoms. The highest BCUT2D eigenvalue weighted by Crippen LogP contribution is 2.16. The summed E-state index contributed by atoms with van der Waals surface area (Å²) in [5.41, 5.74) is 0. The molecule has 15 N–H and O–H groups in total. The molecule has 0 aliphatic heterocycles. The minimum atomic E-state index is -0.991. The SMILES string of the molecule is CC(C)CCCCO.CC(C)O.CCCCCCO.CCCCO.CCCO.CCCOC(=O)C(C)O.CCCOC(C)CO.CCO.CCOC(=O)C(C)O.CCOC(C)CO.CO.COC(C)CO.COCC(C)O.COCCO.OC1CCCCC1. The predicted octanol–water partition coefficient (Wildman–Crippen LogP) is 6.94. The Labute approximate surface area is 545 Å². The van der Waals surface area contributed by atoms with Gasteiger partial charge < -0.3 is 110 Å². The Kier molecular flexibility index (Phi) is 172. The van der Waals surface area contributed by atoms with Gasteiger partial charge in [-0.15, -0.1) is 0 Å². The van der Waals surface area contributed by atoms with Gasteiger partial charge >= 0.3 is 11.9 Å². The van der Waals surface area contributed by atoms with Gasteiger partial charge in [0.15, 0.2) is 0 Å². The molecular weight excluding hydrogens is 1160 g/mol. The van der Waals surface area contributed by atoms with Crippen LogP contribution in [0.15, 0.2) is 0 Å². The summed E-state index contributed by atoms with van der Waals surface area (Å²) in [6.45, 7) is 38.3. The van der Waals surface area contributed by atoms with Crippen molar-refractivity contribution in [2.45, 2.75) is 283 Å². The second-order valence-corrected chi connectivity index (χ2v) is 19.7. The van der Waals surface area contributed by atoms with E-state index in [2.05, 4.69) is 51.4 Å². The van der Waals surface area contributed by atoms with Crippen molar-refractivity contribution in [3.8, 4) is 0 Å². The van der Waals surface area contributed by atoms with Crippen LogP contribution in [0.5, 0.6) is 0 Å². The average molecular weight is 1320 g/mol. The molecule has 0 aromatic heterocycles. The Morgan fingerprint density at radius 1 is 0.438 bits per heavy atom. The van der Waals surface area contributed by atoms with Gasteiger partial charge in [0.2, 0.25) is 0 Å². The molecule has 1 saturated carbocycles. The largest absolute Gasteiger partial charge is 0.464 e. The van der Waals surface area contributed by atoms with Crippen molar-refractivity contribution in [2.75, 3.05) is 128 Å². The van der Waals surface area contributed by atoms with Gasteiger partial charge in [0.1, 0.15) is 12.2 Å². The molecule has 0 bridgehead atoms. The summed E-state index contributed by atoms with van der Waals surface area (Å²) in [6.07, 6.45) is 16.3. The van der Waals surface area contributed by atoms with Crippen LogP contribution >= 0.6 is 0 Å². The normalized spacial score (nSPS) is 12.4. The molecule has 0 aromatic rings. The average Bonchev–Trinajstić information content (AvgIpc) is 3.52. The molecule has 89 heavy (non-hydrogen) atoms. The quantitative estimate of drug-likeness (QED) is 0.0266. The highest BCUT2D eigenvalue weighted by atomic mass is 16.6. The third-order valence-electron chi connectivity index (χ3n) is 8.86. The van der Waals surface area contributed by atoms with E-state index in [-0.39, 0.29) is 69.7 Å². The molecule has 0 heterocycles. The van der Waals surface area contributed by atoms with Crippen molar-refractivity contribution < 1.29 is 119 Å². The van der Waals surface area contributed by atoms with Gasteiger partial charge in [-0.1, -0.05) is 106 Å². The van der Waals surface area contributed by atoms with Crippen molar-refractivity contribution in [3.05, 3.63) is 0 Å². The number of ether oxygens (including phenoxy) is 7. The Morgan fingerprint density at radius 2 is 0.831 bits per heavy atom. The summed E-state index contributed by atoms with van der Waals surface area (Å²) in [5, 5.41) is 123. The van der Waals surface area contributed by atoms with E-state index in [1.165, 1.54) is 65.2 Å². The van der Waals surface area contributed by atoms with Crippen LogP contribution in [0.25, 0.3) is 0 Å². The molecule has 6 unspecified atom stereocenters. The van der Waals surface area contributed by atoms with Gasteiger partial charge in [-0.05, 0) is 133 Å². The standard InChI is InChI=1S/C7H16O.C6H12O3.C6H14O2.C6H12O.C6H14O.C5H10O3.C5H12O2.2C4H10O2.C4H10O.C3H8O2.2C3H8O.C2H6O.CH4O/c1-7(2)5-3-4-6-8;1-3-4-9-6(8)5(2)7;1-3-4-8-6(2)5-7;7-6-4-2-1-3-5-6;1-2-3-4-5-6-7;1-3-8-5(7)4(2)6;1-3-7-5(2)4-6;1-4(5)3-6-2;1-4(3-5)6-2;1-2-3-4-5;1-5-3-2-4;1-3(2)4;1-2-3-4;1-2-3;1-2/h7-8H,3-6H2,1-2H3;5,7H,3-4H2,1-2H3;6-7H,3-5H2,1-2H3;6-7H,1-5H2;7H,2-6H2,1H3;4,6H,3H2,1-2H3;5-6H,3-4H2,1-2H3;2*4-5H,3H2,1-2H3;5H,2-4H2,1H3;4H,2-3H2,1H3;3-4H,1-2H3;4H,2-3H2,1H3;3H,2H2,1H3;2H,1H3. The number of carbonyl (C=O) groups excluding carboxylic acids is 2. The fourth-order valence-electron chi connectivity index (χ4n) is 4.14. The number of hydrogen-bond acceptors (Lipinski definition) is 24. The Bertz CT molecular complexity index is 1010. The summed E-state index contributed by atoms with van der Waals surface area (Å²) in [6, 6.07) is 0. The van der Waals surface area contributed by atoms with E-state index in [1.54, 1.807) is 62.9 Å². The van der Waals surface area contributed by atoms with Gasteiger partial charge in [0.25, 0.3) is 0 Å². The zero-order valence-electron chi connectivity index (χ0n) is 61.2. The van der Waals surface area contributed by atoms with Gasteiger partial charge in [-0.3, -0.25) is 0 Å². The minimum Gasteiger partial charge on any atom is -0.464 e. The minimum absolute atomic E-state index is 0.00463. The first-order chi connectivity index (χ1) is 42.0. The number of methoxy groups -OCH3 is 3. The maximum Gasteiger partial charge on any atom is 0.334 e. The third kappa shape index (κ3) is 216. The highest BCUT2D eigenvalue weighted by Gasteiger charge is 2.09. The lowest BCUT2D eigenvalue weighted by Gasteiger charge is -2.14. The lowest BCUT2D eigenvalue weighted by molar-refractivity contribution is -0.152. The van der Waals surface area contributed by atoms with Crippen LogP contribution in [-0.2, 0) is 42.7 Å². The van der Waals surface area contributed by atoms with Crippen molar-refractivity contribution >= 4 is 11.9 Å². The monoisotopic (exact) mass is 1320 g/mol. The number of esters is 2. The molecule has 0 aromatic carbocycles. The third-order valence-corrected chi connectivity index (χ3v) is 8.86. The van der Waals surface area contributed by atoms with Crippen LogP contribution < -0.4 is 0 Å². The van der Waals surface area contributed by atoms with Gasteiger partial charge in [-0.2, -0.15) is 0 Å². The van der Waals surface area contributed by atoms with Gasteiger partial charge in [0.05, 0.1) is 83.4 Å². The molecule has 0 radical (unpaired) electrons. The maximum atomic E-state index is 10.4. The Hall–Kier alpha value is -1.86. The van der Waals surface area contributed by atoms with Crippen LogP contribution in [-0.4, -0.2) is 265 Å². The van der Waals surface area contributed by atoms with Crippen LogP contribution in [0.2, 0.25) is 0 Å². The number of aliphatic hydroxyl groups is 15.